The van der Waals surface area contributed by atoms with Gasteiger partial charge in [-0.2, -0.15) is 4.31 Å². The number of imide groups is 1. The number of rotatable bonds is 4. The molecule has 2 heterocycles. The molecule has 32 heavy (non-hydrogen) atoms. The van der Waals surface area contributed by atoms with Gasteiger partial charge in [-0.05, 0) is 43.0 Å². The average Bonchev–Trinajstić information content (AvgIpc) is 3.01. The van der Waals surface area contributed by atoms with Crippen LogP contribution < -0.4 is 5.32 Å². The maximum absolute atomic E-state index is 13.1. The van der Waals surface area contributed by atoms with Gasteiger partial charge in [-0.3, -0.25) is 14.5 Å². The zero-order valence-electron chi connectivity index (χ0n) is 17.9. The Morgan fingerprint density at radius 2 is 1.78 bits per heavy atom. The molecular formula is C21H27ClN4O5S. The maximum Gasteiger partial charge on any atom is 0.325 e. The second kappa shape index (κ2) is 8.64. The molecule has 1 spiro atoms. The lowest BCUT2D eigenvalue weighted by Crippen LogP contribution is -2.55. The normalized spacial score (nSPS) is 27.1. The van der Waals surface area contributed by atoms with E-state index in [0.717, 1.165) is 24.2 Å². The fourth-order valence-electron chi connectivity index (χ4n) is 4.81. The van der Waals surface area contributed by atoms with Gasteiger partial charge in [-0.25, -0.2) is 13.2 Å². The third-order valence-corrected chi connectivity index (χ3v) is 9.00. The molecule has 0 aromatic heterocycles. The van der Waals surface area contributed by atoms with Gasteiger partial charge in [0.2, 0.25) is 15.9 Å². The Balaban J connectivity index is 1.37. The summed E-state index contributed by atoms with van der Waals surface area (Å²) in [5.74, 6) is -0.668. The summed E-state index contributed by atoms with van der Waals surface area (Å²) in [7, 11) is -3.68. The molecule has 1 aromatic rings. The standard InChI is InChI=1S/C21H27ClN4O5S/c1-15-4-2-3-9-21(15)19(28)26(20(29)23-21)14-18(27)24-10-12-25(13-11-24)32(30,31)17-7-5-16(22)6-8-17/h5-8,15H,2-4,9-14H2,1H3,(H,23,29)/t15-,21-/m0/s1. The van der Waals surface area contributed by atoms with Crippen LogP contribution in [0.15, 0.2) is 29.2 Å². The van der Waals surface area contributed by atoms with Crippen LogP contribution in [-0.2, 0) is 19.6 Å². The van der Waals surface area contributed by atoms with Gasteiger partial charge in [-0.1, -0.05) is 31.4 Å². The third kappa shape index (κ3) is 3.99. The average molecular weight is 483 g/mol. The summed E-state index contributed by atoms with van der Waals surface area (Å²) in [5, 5.41) is 3.29. The lowest BCUT2D eigenvalue weighted by atomic mass is 9.73. The lowest BCUT2D eigenvalue weighted by molar-refractivity contribution is -0.141. The first kappa shape index (κ1) is 23.0. The quantitative estimate of drug-likeness (QED) is 0.657. The first-order valence-corrected chi connectivity index (χ1v) is 12.6. The van der Waals surface area contributed by atoms with Crippen molar-refractivity contribution in [3.8, 4) is 0 Å². The Kier molecular flexibility index (Phi) is 6.21. The van der Waals surface area contributed by atoms with Crippen molar-refractivity contribution in [3.05, 3.63) is 29.3 Å². The minimum Gasteiger partial charge on any atom is -0.338 e. The Morgan fingerprint density at radius 1 is 1.12 bits per heavy atom. The molecule has 1 saturated carbocycles. The van der Waals surface area contributed by atoms with Crippen molar-refractivity contribution in [2.75, 3.05) is 32.7 Å². The van der Waals surface area contributed by atoms with Crippen LogP contribution in [0, 0.1) is 5.92 Å². The number of carbonyl (C=O) groups is 3. The number of sulfonamides is 1. The highest BCUT2D eigenvalue weighted by molar-refractivity contribution is 7.89. The molecule has 1 N–H and O–H groups in total. The molecule has 3 fully saturated rings. The molecule has 1 aromatic carbocycles. The number of amides is 4. The summed E-state index contributed by atoms with van der Waals surface area (Å²) >= 11 is 5.84. The SMILES string of the molecule is C[C@H]1CCCC[C@]12NC(=O)N(CC(=O)N1CCN(S(=O)(=O)c3ccc(Cl)cc3)CC1)C2=O. The van der Waals surface area contributed by atoms with Gasteiger partial charge < -0.3 is 10.2 Å². The topological polar surface area (TPSA) is 107 Å². The highest BCUT2D eigenvalue weighted by Crippen LogP contribution is 2.38. The van der Waals surface area contributed by atoms with E-state index in [2.05, 4.69) is 5.32 Å². The highest BCUT2D eigenvalue weighted by atomic mass is 35.5. The van der Waals surface area contributed by atoms with Gasteiger partial charge >= 0.3 is 6.03 Å². The number of urea groups is 1. The van der Waals surface area contributed by atoms with E-state index in [0.29, 0.717) is 11.4 Å². The van der Waals surface area contributed by atoms with E-state index in [1.807, 2.05) is 6.92 Å². The van der Waals surface area contributed by atoms with E-state index in [-0.39, 0.29) is 55.4 Å². The minimum absolute atomic E-state index is 0.0226. The molecular weight excluding hydrogens is 456 g/mol. The monoisotopic (exact) mass is 482 g/mol. The number of benzene rings is 1. The zero-order valence-corrected chi connectivity index (χ0v) is 19.5. The Morgan fingerprint density at radius 3 is 2.41 bits per heavy atom. The Hall–Kier alpha value is -2.17. The molecule has 1 aliphatic carbocycles. The number of nitrogens with zero attached hydrogens (tertiary/aromatic N) is 3. The van der Waals surface area contributed by atoms with Crippen LogP contribution in [0.25, 0.3) is 0 Å². The largest absolute Gasteiger partial charge is 0.338 e. The smallest absolute Gasteiger partial charge is 0.325 e. The van der Waals surface area contributed by atoms with E-state index in [1.165, 1.54) is 33.5 Å². The second-order valence-corrected chi connectivity index (χ2v) is 11.1. The molecule has 11 heteroatoms. The van der Waals surface area contributed by atoms with E-state index in [4.69, 9.17) is 11.6 Å². The van der Waals surface area contributed by atoms with Crippen LogP contribution >= 0.6 is 11.6 Å². The second-order valence-electron chi connectivity index (χ2n) is 8.68. The van der Waals surface area contributed by atoms with Crippen molar-refractivity contribution in [3.63, 3.8) is 0 Å². The number of carbonyl (C=O) groups excluding carboxylic acids is 3. The van der Waals surface area contributed by atoms with E-state index >= 15 is 0 Å². The fourth-order valence-corrected chi connectivity index (χ4v) is 6.36. The predicted molar refractivity (Wildman–Crippen MR) is 117 cm³/mol. The summed E-state index contributed by atoms with van der Waals surface area (Å²) in [6.45, 7) is 2.29. The Bertz CT molecular complexity index is 1020. The molecule has 2 aliphatic heterocycles. The number of nitrogens with one attached hydrogen (secondary N) is 1. The molecule has 3 aliphatic rings. The highest BCUT2D eigenvalue weighted by Gasteiger charge is 2.55. The molecule has 0 bridgehead atoms. The van der Waals surface area contributed by atoms with Crippen molar-refractivity contribution in [1.82, 2.24) is 19.4 Å². The summed E-state index contributed by atoms with van der Waals surface area (Å²) in [4.78, 5) is 41.1. The summed E-state index contributed by atoms with van der Waals surface area (Å²) in [6, 6.07) is 5.42. The molecule has 2 saturated heterocycles. The van der Waals surface area contributed by atoms with Gasteiger partial charge in [0.1, 0.15) is 12.1 Å². The third-order valence-electron chi connectivity index (χ3n) is 6.84. The van der Waals surface area contributed by atoms with Crippen molar-refractivity contribution in [2.24, 2.45) is 5.92 Å². The first-order valence-electron chi connectivity index (χ1n) is 10.8. The fraction of sp³-hybridized carbons (Fsp3) is 0.571. The first-order chi connectivity index (χ1) is 15.1. The minimum atomic E-state index is -3.68. The maximum atomic E-state index is 13.1. The molecule has 174 valence electrons. The van der Waals surface area contributed by atoms with E-state index < -0.39 is 21.6 Å². The zero-order chi connectivity index (χ0) is 23.1. The van der Waals surface area contributed by atoms with Gasteiger partial charge in [0.25, 0.3) is 5.91 Å². The van der Waals surface area contributed by atoms with Gasteiger partial charge in [0.15, 0.2) is 0 Å². The van der Waals surface area contributed by atoms with Crippen molar-refractivity contribution in [2.45, 2.75) is 43.0 Å². The van der Waals surface area contributed by atoms with Crippen molar-refractivity contribution in [1.29, 1.82) is 0 Å². The van der Waals surface area contributed by atoms with Crippen LogP contribution in [0.2, 0.25) is 5.02 Å². The summed E-state index contributed by atoms with van der Waals surface area (Å²) in [6.07, 6.45) is 3.33. The molecule has 4 rings (SSSR count). The van der Waals surface area contributed by atoms with Gasteiger partial charge in [-0.15, -0.1) is 0 Å². The van der Waals surface area contributed by atoms with Gasteiger partial charge in [0, 0.05) is 31.2 Å². The number of piperazine rings is 1. The molecule has 9 nitrogen and oxygen atoms in total. The molecule has 0 radical (unpaired) electrons. The van der Waals surface area contributed by atoms with Crippen LogP contribution in [0.3, 0.4) is 0 Å². The van der Waals surface area contributed by atoms with Crippen molar-refractivity contribution < 1.29 is 22.8 Å². The number of halogens is 1. The summed E-state index contributed by atoms with van der Waals surface area (Å²) in [5.41, 5.74) is -0.902. The lowest BCUT2D eigenvalue weighted by Gasteiger charge is -2.37. The van der Waals surface area contributed by atoms with Crippen LogP contribution in [0.1, 0.15) is 32.6 Å². The van der Waals surface area contributed by atoms with E-state index in [1.54, 1.807) is 0 Å². The Labute approximate surface area is 192 Å². The number of hydrogen-bond donors (Lipinski definition) is 1. The van der Waals surface area contributed by atoms with Crippen LogP contribution in [-0.4, -0.2) is 78.6 Å². The molecule has 2 atom stereocenters. The molecule has 0 unspecified atom stereocenters. The van der Waals surface area contributed by atoms with Gasteiger partial charge in [0.05, 0.1) is 4.90 Å². The van der Waals surface area contributed by atoms with Crippen molar-refractivity contribution >= 4 is 39.5 Å². The van der Waals surface area contributed by atoms with Crippen LogP contribution in [0.5, 0.6) is 0 Å². The summed E-state index contributed by atoms with van der Waals surface area (Å²) < 4.78 is 27.0. The predicted octanol–water partition coefficient (Wildman–Crippen LogP) is 1.67. The molecule has 4 amide bonds. The van der Waals surface area contributed by atoms with E-state index in [9.17, 15) is 22.8 Å². The van der Waals surface area contributed by atoms with Crippen LogP contribution in [0.4, 0.5) is 4.79 Å². The number of hydrogen-bond acceptors (Lipinski definition) is 5.